The first-order valence-corrected chi connectivity index (χ1v) is 5.41. The van der Waals surface area contributed by atoms with Crippen molar-refractivity contribution in [2.24, 2.45) is 4.99 Å². The van der Waals surface area contributed by atoms with Gasteiger partial charge in [-0.1, -0.05) is 6.42 Å². The normalized spacial score (nSPS) is 27.9. The highest BCUT2D eigenvalue weighted by atomic mass is 16.1. The van der Waals surface area contributed by atoms with E-state index >= 15 is 0 Å². The molecule has 0 spiro atoms. The highest BCUT2D eigenvalue weighted by Crippen LogP contribution is 2.08. The summed E-state index contributed by atoms with van der Waals surface area (Å²) in [5, 5.41) is 6.17. The minimum absolute atomic E-state index is 0.150. The molecule has 1 amide bonds. The van der Waals surface area contributed by atoms with Crippen molar-refractivity contribution in [1.82, 2.24) is 10.6 Å². The topological polar surface area (TPSA) is 53.5 Å². The molecule has 2 aliphatic rings. The third-order valence-electron chi connectivity index (χ3n) is 2.72. The van der Waals surface area contributed by atoms with Crippen molar-refractivity contribution in [3.8, 4) is 0 Å². The van der Waals surface area contributed by atoms with E-state index in [1.807, 2.05) is 0 Å². The Labute approximate surface area is 84.2 Å². The molecule has 0 aromatic carbocycles. The van der Waals surface area contributed by atoms with E-state index < -0.39 is 0 Å². The van der Waals surface area contributed by atoms with Gasteiger partial charge in [0.05, 0.1) is 11.9 Å². The van der Waals surface area contributed by atoms with Crippen LogP contribution in [0.3, 0.4) is 0 Å². The first-order valence-electron chi connectivity index (χ1n) is 5.41. The van der Waals surface area contributed by atoms with Crippen LogP contribution < -0.4 is 10.6 Å². The van der Waals surface area contributed by atoms with E-state index in [0.717, 1.165) is 25.3 Å². The maximum Gasteiger partial charge on any atom is 0.222 e. The predicted octanol–water partition coefficient (Wildman–Crippen LogP) is 0.437. The molecule has 0 aliphatic carbocycles. The highest BCUT2D eigenvalue weighted by molar-refractivity contribution is 5.85. The number of aliphatic imine (C=N–C) groups is 1. The molecule has 2 aliphatic heterocycles. The number of amides is 1. The fraction of sp³-hybridized carbons (Fsp3) is 0.800. The second-order valence-electron chi connectivity index (χ2n) is 3.99. The van der Waals surface area contributed by atoms with Crippen molar-refractivity contribution in [2.75, 3.05) is 13.1 Å². The number of nitrogens with one attached hydrogen (secondary N) is 2. The summed E-state index contributed by atoms with van der Waals surface area (Å²) in [6.45, 7) is 1.69. The maximum atomic E-state index is 11.0. The van der Waals surface area contributed by atoms with Crippen molar-refractivity contribution in [3.63, 3.8) is 0 Å². The fourth-order valence-electron chi connectivity index (χ4n) is 1.93. The molecule has 2 rings (SSSR count). The Morgan fingerprint density at radius 2 is 2.29 bits per heavy atom. The lowest BCUT2D eigenvalue weighted by atomic mass is 10.2. The van der Waals surface area contributed by atoms with Gasteiger partial charge in [-0.25, -0.2) is 0 Å². The molecule has 78 valence electrons. The van der Waals surface area contributed by atoms with Crippen LogP contribution in [-0.2, 0) is 4.79 Å². The average molecular weight is 195 g/mol. The number of hydrogen-bond acceptors (Lipinski definition) is 3. The Balaban J connectivity index is 1.83. The molecule has 1 atom stereocenters. The third kappa shape index (κ3) is 2.47. The SMILES string of the molecule is O=C1CC(NC2=NCCCCC2)CN1. The van der Waals surface area contributed by atoms with Crippen LogP contribution in [-0.4, -0.2) is 30.9 Å². The van der Waals surface area contributed by atoms with Gasteiger partial charge < -0.3 is 10.6 Å². The summed E-state index contributed by atoms with van der Waals surface area (Å²) in [5.74, 6) is 1.25. The standard InChI is InChI=1S/C10H17N3O/c14-10-6-8(7-12-10)13-9-4-2-1-3-5-11-9/h8H,1-7H2,(H,11,13)(H,12,14). The van der Waals surface area contributed by atoms with Crippen LogP contribution in [0.1, 0.15) is 32.1 Å². The number of rotatable bonds is 1. The summed E-state index contributed by atoms with van der Waals surface area (Å²) in [4.78, 5) is 15.5. The monoisotopic (exact) mass is 195 g/mol. The van der Waals surface area contributed by atoms with Crippen LogP contribution in [0.25, 0.3) is 0 Å². The number of carbonyl (C=O) groups excluding carboxylic acids is 1. The zero-order valence-electron chi connectivity index (χ0n) is 8.38. The van der Waals surface area contributed by atoms with E-state index in [-0.39, 0.29) is 11.9 Å². The summed E-state index contributed by atoms with van der Waals surface area (Å²) in [5.41, 5.74) is 0. The second kappa shape index (κ2) is 4.44. The van der Waals surface area contributed by atoms with Crippen LogP contribution in [0.4, 0.5) is 0 Å². The largest absolute Gasteiger partial charge is 0.369 e. The van der Waals surface area contributed by atoms with E-state index in [9.17, 15) is 4.79 Å². The lowest BCUT2D eigenvalue weighted by Crippen LogP contribution is -2.36. The first kappa shape index (κ1) is 9.49. The smallest absolute Gasteiger partial charge is 0.222 e. The maximum absolute atomic E-state index is 11.0. The molecular formula is C10H17N3O. The zero-order chi connectivity index (χ0) is 9.80. The third-order valence-corrected chi connectivity index (χ3v) is 2.72. The van der Waals surface area contributed by atoms with E-state index in [1.54, 1.807) is 0 Å². The molecule has 1 fully saturated rings. The van der Waals surface area contributed by atoms with E-state index in [1.165, 1.54) is 19.3 Å². The Morgan fingerprint density at radius 1 is 1.36 bits per heavy atom. The summed E-state index contributed by atoms with van der Waals surface area (Å²) in [6.07, 6.45) is 5.34. The Kier molecular flexibility index (Phi) is 3.01. The Bertz CT molecular complexity index is 250. The molecule has 0 radical (unpaired) electrons. The number of nitrogens with zero attached hydrogens (tertiary/aromatic N) is 1. The van der Waals surface area contributed by atoms with Crippen molar-refractivity contribution < 1.29 is 4.79 Å². The van der Waals surface area contributed by atoms with Crippen LogP contribution in [0.2, 0.25) is 0 Å². The minimum atomic E-state index is 0.150. The molecule has 2 N–H and O–H groups in total. The summed E-state index contributed by atoms with van der Waals surface area (Å²) in [7, 11) is 0. The molecule has 2 heterocycles. The molecule has 1 saturated heterocycles. The van der Waals surface area contributed by atoms with Crippen molar-refractivity contribution in [2.45, 2.75) is 38.1 Å². The Morgan fingerprint density at radius 3 is 3.07 bits per heavy atom. The number of amidine groups is 1. The summed E-state index contributed by atoms with van der Waals surface area (Å²) < 4.78 is 0. The van der Waals surface area contributed by atoms with Crippen LogP contribution in [0.15, 0.2) is 4.99 Å². The first-order chi connectivity index (χ1) is 6.84. The number of hydrogen-bond donors (Lipinski definition) is 2. The molecule has 4 nitrogen and oxygen atoms in total. The van der Waals surface area contributed by atoms with Gasteiger partial charge in [-0.3, -0.25) is 9.79 Å². The highest BCUT2D eigenvalue weighted by Gasteiger charge is 2.22. The van der Waals surface area contributed by atoms with Crippen molar-refractivity contribution in [1.29, 1.82) is 0 Å². The van der Waals surface area contributed by atoms with Gasteiger partial charge >= 0.3 is 0 Å². The fourth-order valence-corrected chi connectivity index (χ4v) is 1.93. The molecule has 14 heavy (non-hydrogen) atoms. The van der Waals surface area contributed by atoms with Crippen molar-refractivity contribution in [3.05, 3.63) is 0 Å². The molecule has 0 aromatic heterocycles. The van der Waals surface area contributed by atoms with Crippen LogP contribution in [0.5, 0.6) is 0 Å². The minimum Gasteiger partial charge on any atom is -0.369 e. The number of carbonyl (C=O) groups is 1. The molecule has 0 saturated carbocycles. The van der Waals surface area contributed by atoms with Gasteiger partial charge in [-0.2, -0.15) is 0 Å². The zero-order valence-corrected chi connectivity index (χ0v) is 8.38. The molecular weight excluding hydrogens is 178 g/mol. The molecule has 0 bridgehead atoms. The van der Waals surface area contributed by atoms with Gasteiger partial charge in [0.25, 0.3) is 0 Å². The van der Waals surface area contributed by atoms with Gasteiger partial charge in [0.2, 0.25) is 5.91 Å². The average Bonchev–Trinajstić information content (AvgIpc) is 2.43. The summed E-state index contributed by atoms with van der Waals surface area (Å²) >= 11 is 0. The van der Waals surface area contributed by atoms with Crippen LogP contribution >= 0.6 is 0 Å². The van der Waals surface area contributed by atoms with E-state index in [0.29, 0.717) is 6.42 Å². The Hall–Kier alpha value is -1.06. The molecule has 0 aromatic rings. The lowest BCUT2D eigenvalue weighted by molar-refractivity contribution is -0.119. The van der Waals surface area contributed by atoms with Crippen molar-refractivity contribution >= 4 is 11.7 Å². The van der Waals surface area contributed by atoms with Gasteiger partial charge in [0.1, 0.15) is 0 Å². The van der Waals surface area contributed by atoms with Gasteiger partial charge in [-0.05, 0) is 12.8 Å². The van der Waals surface area contributed by atoms with E-state index in [2.05, 4.69) is 15.6 Å². The quantitative estimate of drug-likeness (QED) is 0.638. The van der Waals surface area contributed by atoms with Gasteiger partial charge in [0.15, 0.2) is 0 Å². The second-order valence-corrected chi connectivity index (χ2v) is 3.99. The molecule has 4 heteroatoms. The summed E-state index contributed by atoms with van der Waals surface area (Å²) in [6, 6.07) is 0.263. The lowest BCUT2D eigenvalue weighted by Gasteiger charge is -2.13. The molecule has 1 unspecified atom stereocenters. The van der Waals surface area contributed by atoms with Crippen LogP contribution in [0, 0.1) is 0 Å². The van der Waals surface area contributed by atoms with Gasteiger partial charge in [-0.15, -0.1) is 0 Å². The van der Waals surface area contributed by atoms with E-state index in [4.69, 9.17) is 0 Å². The predicted molar refractivity (Wildman–Crippen MR) is 55.3 cm³/mol. The van der Waals surface area contributed by atoms with Gasteiger partial charge in [0, 0.05) is 25.9 Å².